The molecule has 4 nitrogen and oxygen atoms in total. The van der Waals surface area contributed by atoms with E-state index < -0.39 is 0 Å². The van der Waals surface area contributed by atoms with Gasteiger partial charge in [0.2, 0.25) is 0 Å². The number of hydrogen-bond donors (Lipinski definition) is 0. The van der Waals surface area contributed by atoms with Crippen LogP contribution in [0, 0.1) is 0 Å². The summed E-state index contributed by atoms with van der Waals surface area (Å²) in [5, 5.41) is 0. The summed E-state index contributed by atoms with van der Waals surface area (Å²) in [4.78, 5) is 26.4. The summed E-state index contributed by atoms with van der Waals surface area (Å²) in [7, 11) is 0. The van der Waals surface area contributed by atoms with Crippen molar-refractivity contribution in [2.24, 2.45) is 0 Å². The Morgan fingerprint density at radius 3 is 2.64 bits per heavy atom. The third-order valence-corrected chi connectivity index (χ3v) is 2.65. The van der Waals surface area contributed by atoms with Crippen LogP contribution >= 0.6 is 0 Å². The van der Waals surface area contributed by atoms with Crippen LogP contribution in [-0.4, -0.2) is 15.3 Å². The number of carbonyl (C=O) groups excluding carboxylic acids is 1. The molecule has 0 aliphatic heterocycles. The quantitative estimate of drug-likeness (QED) is 0.665. The zero-order chi connectivity index (χ0) is 9.97. The number of Topliss-reactive ketones (excluding diaryl/α,β-unsaturated/α-hetero) is 1. The van der Waals surface area contributed by atoms with E-state index in [9.17, 15) is 9.59 Å². The van der Waals surface area contributed by atoms with Crippen LogP contribution in [0.4, 0.5) is 0 Å². The fourth-order valence-electron chi connectivity index (χ4n) is 1.84. The van der Waals surface area contributed by atoms with E-state index in [-0.39, 0.29) is 11.6 Å². The smallest absolute Gasteiger partial charge is 0.253 e. The van der Waals surface area contributed by atoms with Gasteiger partial charge in [0.1, 0.15) is 5.78 Å². The van der Waals surface area contributed by atoms with E-state index in [2.05, 4.69) is 4.98 Å². The average molecular weight is 192 g/mol. The molecule has 0 bridgehead atoms. The molecular weight excluding hydrogens is 180 g/mol. The topological polar surface area (TPSA) is 52.0 Å². The van der Waals surface area contributed by atoms with Crippen LogP contribution in [0.15, 0.2) is 23.4 Å². The lowest BCUT2D eigenvalue weighted by Crippen LogP contribution is -2.27. The van der Waals surface area contributed by atoms with Gasteiger partial charge in [0, 0.05) is 31.1 Å². The predicted octanol–water partition coefficient (Wildman–Crippen LogP) is 0.927. The van der Waals surface area contributed by atoms with Gasteiger partial charge in [0.15, 0.2) is 0 Å². The Morgan fingerprint density at radius 1 is 1.29 bits per heavy atom. The van der Waals surface area contributed by atoms with Gasteiger partial charge in [-0.05, 0) is 12.8 Å². The summed E-state index contributed by atoms with van der Waals surface area (Å²) >= 11 is 0. The first-order valence-corrected chi connectivity index (χ1v) is 4.81. The number of hydrogen-bond acceptors (Lipinski definition) is 3. The zero-order valence-corrected chi connectivity index (χ0v) is 7.85. The summed E-state index contributed by atoms with van der Waals surface area (Å²) in [6.07, 6.45) is 5.77. The van der Waals surface area contributed by atoms with Crippen LogP contribution in [0.3, 0.4) is 0 Å². The maximum Gasteiger partial charge on any atom is 0.253 e. The van der Waals surface area contributed by atoms with Crippen LogP contribution in [0.25, 0.3) is 0 Å². The predicted molar refractivity (Wildman–Crippen MR) is 51.0 cm³/mol. The maximum atomic E-state index is 11.4. The molecule has 0 aromatic carbocycles. The molecule has 1 heterocycles. The Kier molecular flexibility index (Phi) is 2.43. The zero-order valence-electron chi connectivity index (χ0n) is 7.85. The van der Waals surface area contributed by atoms with E-state index in [4.69, 9.17) is 0 Å². The van der Waals surface area contributed by atoms with Gasteiger partial charge in [-0.1, -0.05) is 0 Å². The van der Waals surface area contributed by atoms with Gasteiger partial charge < -0.3 is 0 Å². The molecule has 1 aliphatic rings. The average Bonchev–Trinajstić information content (AvgIpc) is 2.20. The molecule has 1 saturated carbocycles. The number of carbonyl (C=O) groups is 1. The van der Waals surface area contributed by atoms with E-state index in [1.165, 1.54) is 12.3 Å². The summed E-state index contributed by atoms with van der Waals surface area (Å²) in [5.74, 6) is 0.304. The molecule has 2 rings (SSSR count). The Labute approximate surface area is 81.6 Å². The molecule has 1 aromatic heterocycles. The fourth-order valence-corrected chi connectivity index (χ4v) is 1.84. The second kappa shape index (κ2) is 3.74. The van der Waals surface area contributed by atoms with Gasteiger partial charge in [0.25, 0.3) is 5.56 Å². The monoisotopic (exact) mass is 192 g/mol. The molecule has 0 N–H and O–H groups in total. The maximum absolute atomic E-state index is 11.4. The molecule has 0 unspecified atom stereocenters. The van der Waals surface area contributed by atoms with Crippen molar-refractivity contribution in [1.82, 2.24) is 9.55 Å². The van der Waals surface area contributed by atoms with E-state index in [0.717, 1.165) is 12.8 Å². The number of rotatable bonds is 1. The summed E-state index contributed by atoms with van der Waals surface area (Å²) in [5.41, 5.74) is -0.0284. The van der Waals surface area contributed by atoms with Crippen LogP contribution in [0.5, 0.6) is 0 Å². The highest BCUT2D eigenvalue weighted by Gasteiger charge is 2.20. The summed E-state index contributed by atoms with van der Waals surface area (Å²) in [6, 6.07) is 1.62. The first kappa shape index (κ1) is 9.12. The van der Waals surface area contributed by atoms with Crippen molar-refractivity contribution in [3.63, 3.8) is 0 Å². The van der Waals surface area contributed by atoms with Crippen LogP contribution in [-0.2, 0) is 4.79 Å². The third kappa shape index (κ3) is 1.73. The normalized spacial score (nSPS) is 18.4. The van der Waals surface area contributed by atoms with Crippen molar-refractivity contribution < 1.29 is 4.79 Å². The molecule has 0 radical (unpaired) electrons. The van der Waals surface area contributed by atoms with E-state index in [0.29, 0.717) is 18.6 Å². The van der Waals surface area contributed by atoms with Gasteiger partial charge in [-0.2, -0.15) is 0 Å². The molecule has 1 aliphatic carbocycles. The van der Waals surface area contributed by atoms with Crippen molar-refractivity contribution in [1.29, 1.82) is 0 Å². The van der Waals surface area contributed by atoms with Crippen molar-refractivity contribution in [3.8, 4) is 0 Å². The SMILES string of the molecule is O=C1CCC(n2cnccc2=O)CC1. The molecule has 1 fully saturated rings. The van der Waals surface area contributed by atoms with Gasteiger partial charge in [-0.15, -0.1) is 0 Å². The summed E-state index contributed by atoms with van der Waals surface area (Å²) in [6.45, 7) is 0. The van der Waals surface area contributed by atoms with E-state index >= 15 is 0 Å². The highest BCUT2D eigenvalue weighted by Crippen LogP contribution is 2.24. The number of aromatic nitrogens is 2. The number of nitrogens with zero attached hydrogens (tertiary/aromatic N) is 2. The molecule has 14 heavy (non-hydrogen) atoms. The van der Waals surface area contributed by atoms with Gasteiger partial charge in [0.05, 0.1) is 6.33 Å². The second-order valence-corrected chi connectivity index (χ2v) is 3.60. The van der Waals surface area contributed by atoms with E-state index in [1.807, 2.05) is 0 Å². The summed E-state index contributed by atoms with van der Waals surface area (Å²) < 4.78 is 1.63. The van der Waals surface area contributed by atoms with Crippen LogP contribution in [0.1, 0.15) is 31.7 Å². The van der Waals surface area contributed by atoms with Gasteiger partial charge in [-0.3, -0.25) is 14.2 Å². The van der Waals surface area contributed by atoms with E-state index in [1.54, 1.807) is 10.9 Å². The minimum atomic E-state index is -0.0284. The standard InChI is InChI=1S/C10H12N2O2/c13-9-3-1-8(2-4-9)12-7-11-6-5-10(12)14/h5-8H,1-4H2. The molecule has 74 valence electrons. The molecule has 0 amide bonds. The molecule has 0 spiro atoms. The third-order valence-electron chi connectivity index (χ3n) is 2.65. The lowest BCUT2D eigenvalue weighted by Gasteiger charge is -2.22. The minimum absolute atomic E-state index is 0.0284. The largest absolute Gasteiger partial charge is 0.300 e. The highest BCUT2D eigenvalue weighted by atomic mass is 16.1. The molecule has 1 aromatic rings. The first-order valence-electron chi connectivity index (χ1n) is 4.81. The molecule has 0 saturated heterocycles. The van der Waals surface area contributed by atoms with Crippen LogP contribution in [0.2, 0.25) is 0 Å². The Hall–Kier alpha value is -1.45. The fraction of sp³-hybridized carbons (Fsp3) is 0.500. The number of ketones is 1. The van der Waals surface area contributed by atoms with Crippen molar-refractivity contribution in [2.75, 3.05) is 0 Å². The Morgan fingerprint density at radius 2 is 2.00 bits per heavy atom. The molecule has 0 atom stereocenters. The molecular formula is C10H12N2O2. The van der Waals surface area contributed by atoms with Crippen molar-refractivity contribution in [2.45, 2.75) is 31.7 Å². The Bertz CT molecular complexity index is 387. The second-order valence-electron chi connectivity index (χ2n) is 3.60. The van der Waals surface area contributed by atoms with Gasteiger partial charge in [-0.25, -0.2) is 4.98 Å². The Balaban J connectivity index is 2.20. The highest BCUT2D eigenvalue weighted by molar-refractivity contribution is 5.79. The van der Waals surface area contributed by atoms with Gasteiger partial charge >= 0.3 is 0 Å². The minimum Gasteiger partial charge on any atom is -0.300 e. The van der Waals surface area contributed by atoms with Crippen molar-refractivity contribution in [3.05, 3.63) is 28.9 Å². The first-order chi connectivity index (χ1) is 6.77. The van der Waals surface area contributed by atoms with Crippen molar-refractivity contribution >= 4 is 5.78 Å². The van der Waals surface area contributed by atoms with Crippen LogP contribution < -0.4 is 5.56 Å². The lowest BCUT2D eigenvalue weighted by molar-refractivity contribution is -0.120. The lowest BCUT2D eigenvalue weighted by atomic mass is 9.94. The molecule has 4 heteroatoms.